The van der Waals surface area contributed by atoms with Crippen molar-refractivity contribution in [2.75, 3.05) is 13.2 Å². The van der Waals surface area contributed by atoms with Crippen molar-refractivity contribution in [3.05, 3.63) is 23.9 Å². The third-order valence-electron chi connectivity index (χ3n) is 2.16. The zero-order chi connectivity index (χ0) is 13.6. The minimum absolute atomic E-state index is 0.0341. The number of hydrogen-bond donors (Lipinski definition) is 2. The maximum Gasteiger partial charge on any atom is 0.213 e. The zero-order valence-electron chi connectivity index (χ0n) is 11.0. The molecule has 0 aliphatic rings. The first-order valence-electron chi connectivity index (χ1n) is 5.83. The molecular formula is C13H19N3O2. The van der Waals surface area contributed by atoms with Crippen LogP contribution >= 0.6 is 0 Å². The van der Waals surface area contributed by atoms with Crippen molar-refractivity contribution in [3.63, 3.8) is 0 Å². The topological polar surface area (TPSA) is 78.2 Å². The predicted molar refractivity (Wildman–Crippen MR) is 68.2 cm³/mol. The molecule has 1 heterocycles. The molecule has 0 aromatic carbocycles. The molecule has 0 spiro atoms. The van der Waals surface area contributed by atoms with Crippen molar-refractivity contribution >= 4 is 0 Å². The van der Waals surface area contributed by atoms with Crippen LogP contribution in [0, 0.1) is 11.3 Å². The Balaban J connectivity index is 2.33. The van der Waals surface area contributed by atoms with E-state index in [0.29, 0.717) is 18.0 Å². The second-order valence-corrected chi connectivity index (χ2v) is 5.09. The number of β-amino-alcohol motifs (C(OH)–C–C–N with tert-alkyl or cyclic N) is 1. The van der Waals surface area contributed by atoms with Gasteiger partial charge in [-0.3, -0.25) is 0 Å². The lowest BCUT2D eigenvalue weighted by molar-refractivity contribution is 0.0977. The van der Waals surface area contributed by atoms with Gasteiger partial charge in [-0.15, -0.1) is 0 Å². The smallest absolute Gasteiger partial charge is 0.213 e. The van der Waals surface area contributed by atoms with Gasteiger partial charge in [0.15, 0.2) is 0 Å². The van der Waals surface area contributed by atoms with Crippen LogP contribution in [0.5, 0.6) is 5.88 Å². The summed E-state index contributed by atoms with van der Waals surface area (Å²) in [5, 5.41) is 21.5. The molecule has 0 amide bonds. The Hall–Kier alpha value is -1.64. The molecule has 0 saturated heterocycles. The average Bonchev–Trinajstić information content (AvgIpc) is 2.33. The number of nitriles is 1. The molecule has 0 saturated carbocycles. The molecule has 1 aromatic rings. The second kappa shape index (κ2) is 6.34. The van der Waals surface area contributed by atoms with Gasteiger partial charge in [0.05, 0.1) is 5.56 Å². The molecule has 0 unspecified atom stereocenters. The lowest BCUT2D eigenvalue weighted by Gasteiger charge is -2.22. The van der Waals surface area contributed by atoms with Gasteiger partial charge in [-0.25, -0.2) is 4.98 Å². The van der Waals surface area contributed by atoms with Crippen LogP contribution < -0.4 is 10.1 Å². The van der Waals surface area contributed by atoms with Crippen molar-refractivity contribution in [3.8, 4) is 11.9 Å². The molecule has 0 bridgehead atoms. The monoisotopic (exact) mass is 249 g/mol. The lowest BCUT2D eigenvalue weighted by atomic mass is 10.1. The van der Waals surface area contributed by atoms with E-state index in [9.17, 15) is 5.11 Å². The normalized spacial score (nSPS) is 12.8. The Morgan fingerprint density at radius 1 is 1.50 bits per heavy atom. The highest BCUT2D eigenvalue weighted by atomic mass is 16.5. The molecule has 0 aliphatic carbocycles. The summed E-state index contributed by atoms with van der Waals surface area (Å²) in [4.78, 5) is 3.95. The van der Waals surface area contributed by atoms with Crippen LogP contribution in [0.3, 0.4) is 0 Å². The molecule has 2 N–H and O–H groups in total. The Kier molecular flexibility index (Phi) is 5.08. The van der Waals surface area contributed by atoms with Crippen molar-refractivity contribution in [2.45, 2.75) is 32.4 Å². The van der Waals surface area contributed by atoms with Gasteiger partial charge in [0.1, 0.15) is 18.8 Å². The van der Waals surface area contributed by atoms with E-state index >= 15 is 0 Å². The first-order valence-corrected chi connectivity index (χ1v) is 5.83. The maximum absolute atomic E-state index is 9.71. The summed E-state index contributed by atoms with van der Waals surface area (Å²) in [7, 11) is 0. The molecule has 0 aliphatic heterocycles. The summed E-state index contributed by atoms with van der Waals surface area (Å²) < 4.78 is 5.32. The minimum atomic E-state index is -0.596. The molecule has 1 atom stereocenters. The maximum atomic E-state index is 9.71. The zero-order valence-corrected chi connectivity index (χ0v) is 11.0. The number of ether oxygens (including phenoxy) is 1. The van der Waals surface area contributed by atoms with Crippen molar-refractivity contribution in [1.29, 1.82) is 5.26 Å². The fourth-order valence-corrected chi connectivity index (χ4v) is 1.20. The van der Waals surface area contributed by atoms with Crippen molar-refractivity contribution in [1.82, 2.24) is 10.3 Å². The Morgan fingerprint density at radius 2 is 2.22 bits per heavy atom. The van der Waals surface area contributed by atoms with E-state index in [0.717, 1.165) is 0 Å². The van der Waals surface area contributed by atoms with Crippen LogP contribution in [-0.4, -0.2) is 34.9 Å². The number of aliphatic hydroxyl groups is 1. The SMILES string of the molecule is CC(C)(C)NC[C@H](O)COc1ccc(C#N)cn1. The molecule has 0 radical (unpaired) electrons. The minimum Gasteiger partial charge on any atom is -0.475 e. The van der Waals surface area contributed by atoms with Gasteiger partial charge >= 0.3 is 0 Å². The fraction of sp³-hybridized carbons (Fsp3) is 0.538. The van der Waals surface area contributed by atoms with Gasteiger partial charge in [-0.1, -0.05) is 0 Å². The first-order chi connectivity index (χ1) is 8.40. The van der Waals surface area contributed by atoms with Crippen LogP contribution in [-0.2, 0) is 0 Å². The summed E-state index contributed by atoms with van der Waals surface area (Å²) >= 11 is 0. The molecule has 18 heavy (non-hydrogen) atoms. The summed E-state index contributed by atoms with van der Waals surface area (Å²) in [6, 6.07) is 5.22. The number of nitrogens with one attached hydrogen (secondary N) is 1. The number of aliphatic hydroxyl groups excluding tert-OH is 1. The van der Waals surface area contributed by atoms with Crippen LogP contribution in [0.15, 0.2) is 18.3 Å². The van der Waals surface area contributed by atoms with E-state index in [1.54, 1.807) is 12.1 Å². The highest BCUT2D eigenvalue weighted by Gasteiger charge is 2.12. The Bertz CT molecular complexity index is 404. The van der Waals surface area contributed by atoms with E-state index in [1.807, 2.05) is 26.8 Å². The fourth-order valence-electron chi connectivity index (χ4n) is 1.20. The Morgan fingerprint density at radius 3 is 2.72 bits per heavy atom. The summed E-state index contributed by atoms with van der Waals surface area (Å²) in [6.07, 6.45) is 0.844. The number of pyridine rings is 1. The van der Waals surface area contributed by atoms with Gasteiger partial charge in [-0.2, -0.15) is 5.26 Å². The third kappa shape index (κ3) is 5.62. The highest BCUT2D eigenvalue weighted by molar-refractivity contribution is 5.28. The number of rotatable bonds is 5. The molecule has 0 fully saturated rings. The molecule has 5 nitrogen and oxygen atoms in total. The quantitative estimate of drug-likeness (QED) is 0.816. The van der Waals surface area contributed by atoms with Gasteiger partial charge in [0.2, 0.25) is 5.88 Å². The van der Waals surface area contributed by atoms with Gasteiger partial charge < -0.3 is 15.2 Å². The van der Waals surface area contributed by atoms with E-state index in [-0.39, 0.29) is 12.1 Å². The summed E-state index contributed by atoms with van der Waals surface area (Å²) in [5.41, 5.74) is 0.450. The van der Waals surface area contributed by atoms with Crippen LogP contribution in [0.1, 0.15) is 26.3 Å². The lowest BCUT2D eigenvalue weighted by Crippen LogP contribution is -2.42. The van der Waals surface area contributed by atoms with Crippen LogP contribution in [0.2, 0.25) is 0 Å². The summed E-state index contributed by atoms with van der Waals surface area (Å²) in [5.74, 6) is 0.406. The number of nitrogens with zero attached hydrogens (tertiary/aromatic N) is 2. The second-order valence-electron chi connectivity index (χ2n) is 5.09. The third-order valence-corrected chi connectivity index (χ3v) is 2.16. The largest absolute Gasteiger partial charge is 0.475 e. The number of hydrogen-bond acceptors (Lipinski definition) is 5. The van der Waals surface area contributed by atoms with E-state index in [1.165, 1.54) is 6.20 Å². The average molecular weight is 249 g/mol. The molecule has 98 valence electrons. The highest BCUT2D eigenvalue weighted by Crippen LogP contribution is 2.07. The van der Waals surface area contributed by atoms with Gasteiger partial charge in [0, 0.05) is 24.3 Å². The predicted octanol–water partition coefficient (Wildman–Crippen LogP) is 1.08. The molecule has 1 aromatic heterocycles. The van der Waals surface area contributed by atoms with Gasteiger partial charge in [-0.05, 0) is 26.8 Å². The molecular weight excluding hydrogens is 230 g/mol. The first kappa shape index (κ1) is 14.4. The van der Waals surface area contributed by atoms with E-state index in [4.69, 9.17) is 10.00 Å². The van der Waals surface area contributed by atoms with Crippen molar-refractivity contribution in [2.24, 2.45) is 0 Å². The van der Waals surface area contributed by atoms with Gasteiger partial charge in [0.25, 0.3) is 0 Å². The van der Waals surface area contributed by atoms with E-state index < -0.39 is 6.10 Å². The van der Waals surface area contributed by atoms with Crippen LogP contribution in [0.4, 0.5) is 0 Å². The van der Waals surface area contributed by atoms with Crippen molar-refractivity contribution < 1.29 is 9.84 Å². The molecule has 5 heteroatoms. The summed E-state index contributed by atoms with van der Waals surface area (Å²) in [6.45, 7) is 6.72. The van der Waals surface area contributed by atoms with E-state index in [2.05, 4.69) is 10.3 Å². The standard InChI is InChI=1S/C13H19N3O2/c1-13(2,3)16-8-11(17)9-18-12-5-4-10(6-14)7-15-12/h4-5,7,11,16-17H,8-9H2,1-3H3/t11-/m0/s1. The van der Waals surface area contributed by atoms with Crippen LogP contribution in [0.25, 0.3) is 0 Å². The number of aromatic nitrogens is 1. The molecule has 1 rings (SSSR count). The Labute approximate surface area is 107 Å².